The quantitative estimate of drug-likeness (QED) is 0.213. The Morgan fingerprint density at radius 2 is 1.07 bits per heavy atom. The summed E-state index contributed by atoms with van der Waals surface area (Å²) in [5, 5.41) is 1.06. The van der Waals surface area contributed by atoms with E-state index in [1.807, 2.05) is 30.0 Å². The van der Waals surface area contributed by atoms with Crippen molar-refractivity contribution in [3.8, 4) is 33.8 Å². The molecule has 1 aliphatic carbocycles. The van der Waals surface area contributed by atoms with Gasteiger partial charge in [0.25, 0.3) is 0 Å². The summed E-state index contributed by atoms with van der Waals surface area (Å²) >= 11 is 1.87. The molecular formula is C39H24N2S. The summed E-state index contributed by atoms with van der Waals surface area (Å²) in [7, 11) is 0. The second-order valence-electron chi connectivity index (χ2n) is 10.9. The first-order valence-corrected chi connectivity index (χ1v) is 15.1. The molecule has 0 unspecified atom stereocenters. The Labute approximate surface area is 248 Å². The van der Waals surface area contributed by atoms with Gasteiger partial charge in [-0.3, -0.25) is 0 Å². The smallest absolute Gasteiger partial charge is 0.160 e. The molecule has 0 saturated heterocycles. The van der Waals surface area contributed by atoms with E-state index in [-0.39, 0.29) is 0 Å². The lowest BCUT2D eigenvalue weighted by Gasteiger charge is -2.40. The summed E-state index contributed by atoms with van der Waals surface area (Å²) in [6.45, 7) is 0. The van der Waals surface area contributed by atoms with E-state index in [0.717, 1.165) is 33.5 Å². The molecule has 1 spiro atoms. The van der Waals surface area contributed by atoms with Crippen molar-refractivity contribution in [1.82, 2.24) is 9.97 Å². The third-order valence-electron chi connectivity index (χ3n) is 8.76. The molecule has 42 heavy (non-hydrogen) atoms. The van der Waals surface area contributed by atoms with Crippen LogP contribution in [0.1, 0.15) is 22.3 Å². The van der Waals surface area contributed by atoms with Crippen LogP contribution in [-0.2, 0) is 5.41 Å². The highest BCUT2D eigenvalue weighted by molar-refractivity contribution is 7.99. The molecule has 9 rings (SSSR count). The highest BCUT2D eigenvalue weighted by Crippen LogP contribution is 2.62. The predicted octanol–water partition coefficient (Wildman–Crippen LogP) is 9.79. The number of hydrogen-bond donors (Lipinski definition) is 0. The van der Waals surface area contributed by atoms with Gasteiger partial charge in [-0.2, -0.15) is 0 Å². The fourth-order valence-corrected chi connectivity index (χ4v) is 8.19. The van der Waals surface area contributed by atoms with Gasteiger partial charge in [-0.15, -0.1) is 0 Å². The molecule has 7 aromatic rings. The maximum Gasteiger partial charge on any atom is 0.160 e. The molecule has 0 fully saturated rings. The molecule has 3 heteroatoms. The van der Waals surface area contributed by atoms with Crippen LogP contribution in [0.2, 0.25) is 0 Å². The van der Waals surface area contributed by atoms with Gasteiger partial charge in [0.05, 0.1) is 16.6 Å². The summed E-state index contributed by atoms with van der Waals surface area (Å²) < 4.78 is 0. The molecule has 6 aromatic carbocycles. The van der Waals surface area contributed by atoms with Gasteiger partial charge >= 0.3 is 0 Å². The van der Waals surface area contributed by atoms with E-state index in [9.17, 15) is 0 Å². The minimum Gasteiger partial charge on any atom is -0.228 e. The zero-order valence-electron chi connectivity index (χ0n) is 22.7. The van der Waals surface area contributed by atoms with Crippen molar-refractivity contribution in [3.63, 3.8) is 0 Å². The van der Waals surface area contributed by atoms with E-state index in [2.05, 4.69) is 127 Å². The van der Waals surface area contributed by atoms with Gasteiger partial charge in [-0.1, -0.05) is 133 Å². The molecule has 2 nitrogen and oxygen atoms in total. The summed E-state index contributed by atoms with van der Waals surface area (Å²) in [5.74, 6) is 0.744. The second kappa shape index (κ2) is 9.01. The van der Waals surface area contributed by atoms with Crippen molar-refractivity contribution in [2.45, 2.75) is 15.2 Å². The Hall–Kier alpha value is -4.99. The van der Waals surface area contributed by atoms with Gasteiger partial charge < -0.3 is 0 Å². The van der Waals surface area contributed by atoms with Crippen LogP contribution in [0.4, 0.5) is 0 Å². The Bertz CT molecular complexity index is 2140. The van der Waals surface area contributed by atoms with E-state index in [1.165, 1.54) is 43.2 Å². The van der Waals surface area contributed by atoms with Crippen LogP contribution in [0.5, 0.6) is 0 Å². The van der Waals surface area contributed by atoms with Crippen molar-refractivity contribution in [1.29, 1.82) is 0 Å². The standard InChI is InChI=1S/C39H24N2S/c1-2-12-25(13-3-1)38-40-34-20-10-6-16-29(34)37(41-38)26-22-23-36-33(24-26)39(32-19-9-11-21-35(32)42-36)30-17-7-4-14-27(30)28-15-5-8-18-31(28)39/h1-24H. The van der Waals surface area contributed by atoms with Gasteiger partial charge in [-0.05, 0) is 57.6 Å². The van der Waals surface area contributed by atoms with Gasteiger partial charge in [0.1, 0.15) is 0 Å². The van der Waals surface area contributed by atoms with E-state index in [4.69, 9.17) is 9.97 Å². The van der Waals surface area contributed by atoms with Gasteiger partial charge in [0.15, 0.2) is 5.82 Å². The van der Waals surface area contributed by atoms with E-state index < -0.39 is 5.41 Å². The molecule has 2 aliphatic rings. The second-order valence-corrected chi connectivity index (χ2v) is 12.0. The minimum atomic E-state index is -0.411. The number of hydrogen-bond acceptors (Lipinski definition) is 3. The zero-order chi connectivity index (χ0) is 27.7. The highest BCUT2D eigenvalue weighted by Gasteiger charge is 2.50. The average Bonchev–Trinajstić information content (AvgIpc) is 3.36. The number of rotatable bonds is 2. The molecule has 0 atom stereocenters. The largest absolute Gasteiger partial charge is 0.228 e. The van der Waals surface area contributed by atoms with Crippen LogP contribution >= 0.6 is 11.8 Å². The first-order chi connectivity index (χ1) is 20.8. The first-order valence-electron chi connectivity index (χ1n) is 14.3. The third-order valence-corrected chi connectivity index (χ3v) is 9.91. The Kier molecular flexibility index (Phi) is 5.08. The van der Waals surface area contributed by atoms with Crippen molar-refractivity contribution in [3.05, 3.63) is 168 Å². The molecule has 196 valence electrons. The maximum absolute atomic E-state index is 5.22. The molecule has 1 aliphatic heterocycles. The Morgan fingerprint density at radius 1 is 0.452 bits per heavy atom. The molecule has 0 bridgehead atoms. The fourth-order valence-electron chi connectivity index (χ4n) is 7.02. The van der Waals surface area contributed by atoms with Crippen molar-refractivity contribution >= 4 is 22.7 Å². The third kappa shape index (κ3) is 3.23. The van der Waals surface area contributed by atoms with Crippen LogP contribution in [0.15, 0.2) is 155 Å². The summed E-state index contributed by atoms with van der Waals surface area (Å²) in [6.07, 6.45) is 0. The molecular weight excluding hydrogens is 529 g/mol. The number of fused-ring (bicyclic) bond motifs is 10. The Morgan fingerprint density at radius 3 is 1.86 bits per heavy atom. The predicted molar refractivity (Wildman–Crippen MR) is 172 cm³/mol. The minimum absolute atomic E-state index is 0.411. The van der Waals surface area contributed by atoms with Crippen LogP contribution in [-0.4, -0.2) is 9.97 Å². The van der Waals surface area contributed by atoms with Gasteiger partial charge in [0.2, 0.25) is 0 Å². The lowest BCUT2D eigenvalue weighted by atomic mass is 9.67. The normalized spacial score (nSPS) is 13.8. The zero-order valence-corrected chi connectivity index (χ0v) is 23.5. The number of aromatic nitrogens is 2. The number of para-hydroxylation sites is 1. The van der Waals surface area contributed by atoms with E-state index in [0.29, 0.717) is 0 Å². The molecule has 0 saturated carbocycles. The lowest BCUT2D eigenvalue weighted by molar-refractivity contribution is 0.722. The van der Waals surface area contributed by atoms with Crippen molar-refractivity contribution in [2.75, 3.05) is 0 Å². The van der Waals surface area contributed by atoms with Crippen molar-refractivity contribution < 1.29 is 0 Å². The topological polar surface area (TPSA) is 25.8 Å². The summed E-state index contributed by atoms with van der Waals surface area (Å²) in [5.41, 5.74) is 11.6. The maximum atomic E-state index is 5.22. The monoisotopic (exact) mass is 552 g/mol. The van der Waals surface area contributed by atoms with Gasteiger partial charge in [-0.25, -0.2) is 9.97 Å². The van der Waals surface area contributed by atoms with Crippen LogP contribution in [0.25, 0.3) is 44.7 Å². The average molecular weight is 553 g/mol. The van der Waals surface area contributed by atoms with Crippen LogP contribution in [0.3, 0.4) is 0 Å². The van der Waals surface area contributed by atoms with Gasteiger partial charge in [0, 0.05) is 26.3 Å². The van der Waals surface area contributed by atoms with E-state index in [1.54, 1.807) is 0 Å². The molecule has 0 amide bonds. The molecule has 2 heterocycles. The Balaban J connectivity index is 1.37. The highest BCUT2D eigenvalue weighted by atomic mass is 32.2. The van der Waals surface area contributed by atoms with E-state index >= 15 is 0 Å². The summed E-state index contributed by atoms with van der Waals surface area (Å²) in [4.78, 5) is 12.8. The van der Waals surface area contributed by atoms with Crippen LogP contribution < -0.4 is 0 Å². The lowest BCUT2D eigenvalue weighted by Crippen LogP contribution is -2.32. The first kappa shape index (κ1) is 23.7. The molecule has 1 aromatic heterocycles. The number of nitrogens with zero attached hydrogens (tertiary/aromatic N) is 2. The van der Waals surface area contributed by atoms with Crippen LogP contribution in [0, 0.1) is 0 Å². The fraction of sp³-hybridized carbons (Fsp3) is 0.0256. The SMILES string of the molecule is c1ccc(-c2nc(-c3ccc4c(c3)C3(c5ccccc5S4)c4ccccc4-c4ccccc43)c3ccccc3n2)cc1. The molecule has 0 N–H and O–H groups in total. The summed E-state index contributed by atoms with van der Waals surface area (Å²) in [6, 6.07) is 52.4. The molecule has 0 radical (unpaired) electrons. The van der Waals surface area contributed by atoms with Crippen molar-refractivity contribution in [2.24, 2.45) is 0 Å². The number of benzene rings is 6.